The molecule has 0 aliphatic carbocycles. The van der Waals surface area contributed by atoms with E-state index in [1.54, 1.807) is 0 Å². The summed E-state index contributed by atoms with van der Waals surface area (Å²) in [4.78, 5) is 18.7. The van der Waals surface area contributed by atoms with Crippen LogP contribution in [-0.4, -0.2) is 44.0 Å². The summed E-state index contributed by atoms with van der Waals surface area (Å²) in [6.07, 6.45) is -0.801. The number of benzene rings is 1. The highest BCUT2D eigenvalue weighted by Crippen LogP contribution is 2.34. The van der Waals surface area contributed by atoms with Crippen LogP contribution in [0.5, 0.6) is 0 Å². The fraction of sp³-hybridized carbons (Fsp3) is 0.333. The largest absolute Gasteiger partial charge is 0.434 e. The number of aromatic nitrogens is 5. The van der Waals surface area contributed by atoms with E-state index < -0.39 is 23.3 Å². The lowest BCUT2D eigenvalue weighted by molar-refractivity contribution is -0.143. The summed E-state index contributed by atoms with van der Waals surface area (Å²) in [5.41, 5.74) is -1.70. The van der Waals surface area contributed by atoms with Gasteiger partial charge < -0.3 is 4.90 Å². The van der Waals surface area contributed by atoms with E-state index >= 15 is 0 Å². The maximum Gasteiger partial charge on any atom is 0.434 e. The average Bonchev–Trinajstić information content (AvgIpc) is 3.36. The first kappa shape index (κ1) is 20.2. The molecule has 0 bridgehead atoms. The summed E-state index contributed by atoms with van der Waals surface area (Å²) < 4.78 is 41.9. The van der Waals surface area contributed by atoms with Crippen LogP contribution in [0.25, 0.3) is 5.69 Å². The number of piperidine rings is 1. The van der Waals surface area contributed by atoms with Crippen molar-refractivity contribution in [3.63, 3.8) is 0 Å². The van der Waals surface area contributed by atoms with Gasteiger partial charge in [0.25, 0.3) is 5.91 Å². The van der Waals surface area contributed by atoms with Gasteiger partial charge in [-0.25, -0.2) is 9.78 Å². The van der Waals surface area contributed by atoms with E-state index in [0.717, 1.165) is 38.5 Å². The first-order valence-electron chi connectivity index (χ1n) is 9.23. The van der Waals surface area contributed by atoms with Crippen molar-refractivity contribution in [3.05, 3.63) is 46.7 Å². The van der Waals surface area contributed by atoms with Crippen LogP contribution in [0.4, 0.5) is 25.1 Å². The van der Waals surface area contributed by atoms with Crippen LogP contribution in [0.1, 0.15) is 35.3 Å². The summed E-state index contributed by atoms with van der Waals surface area (Å²) in [5, 5.41) is 13.1. The van der Waals surface area contributed by atoms with Crippen molar-refractivity contribution in [2.75, 3.05) is 23.3 Å². The van der Waals surface area contributed by atoms with E-state index in [-0.39, 0.29) is 11.6 Å². The Morgan fingerprint density at radius 1 is 1.13 bits per heavy atom. The predicted molar refractivity (Wildman–Crippen MR) is 104 cm³/mol. The number of anilines is 2. The average molecular weight is 440 g/mol. The van der Waals surface area contributed by atoms with Crippen LogP contribution in [0.2, 0.25) is 5.02 Å². The van der Waals surface area contributed by atoms with Gasteiger partial charge in [-0.3, -0.25) is 10.1 Å². The Morgan fingerprint density at radius 2 is 1.83 bits per heavy atom. The summed E-state index contributed by atoms with van der Waals surface area (Å²) in [7, 11) is 0. The second kappa shape index (κ2) is 7.98. The number of H-pyrrole nitrogens is 1. The third-order valence-electron chi connectivity index (χ3n) is 4.70. The van der Waals surface area contributed by atoms with E-state index in [9.17, 15) is 18.0 Å². The topological polar surface area (TPSA) is 91.7 Å². The normalized spacial score (nSPS) is 14.7. The van der Waals surface area contributed by atoms with Gasteiger partial charge in [-0.2, -0.15) is 23.3 Å². The molecule has 1 amide bonds. The van der Waals surface area contributed by atoms with Gasteiger partial charge >= 0.3 is 6.18 Å². The van der Waals surface area contributed by atoms with Gasteiger partial charge in [0.1, 0.15) is 0 Å². The van der Waals surface area contributed by atoms with E-state index in [2.05, 4.69) is 25.6 Å². The van der Waals surface area contributed by atoms with Crippen LogP contribution in [0.3, 0.4) is 0 Å². The molecule has 0 radical (unpaired) electrons. The molecule has 1 fully saturated rings. The van der Waals surface area contributed by atoms with Gasteiger partial charge in [-0.15, -0.1) is 5.10 Å². The second-order valence-corrected chi connectivity index (χ2v) is 7.22. The number of aromatic amines is 1. The zero-order valence-corrected chi connectivity index (χ0v) is 16.3. The molecule has 2 N–H and O–H groups in total. The zero-order valence-electron chi connectivity index (χ0n) is 15.6. The molecule has 2 aromatic heterocycles. The minimum absolute atomic E-state index is 0.0343. The van der Waals surface area contributed by atoms with Crippen LogP contribution >= 0.6 is 11.6 Å². The van der Waals surface area contributed by atoms with Crippen molar-refractivity contribution in [3.8, 4) is 5.69 Å². The van der Waals surface area contributed by atoms with Crippen molar-refractivity contribution < 1.29 is 18.0 Å². The van der Waals surface area contributed by atoms with Gasteiger partial charge in [-0.1, -0.05) is 11.6 Å². The Balaban J connectivity index is 1.60. The Labute approximate surface area is 174 Å². The summed E-state index contributed by atoms with van der Waals surface area (Å²) >= 11 is 5.80. The number of carbonyl (C=O) groups excluding carboxylic acids is 1. The van der Waals surface area contributed by atoms with E-state index in [0.29, 0.717) is 15.7 Å². The van der Waals surface area contributed by atoms with Crippen molar-refractivity contribution in [2.45, 2.75) is 25.4 Å². The molecule has 1 aliphatic heterocycles. The molecular formula is C18H17ClF3N7O. The SMILES string of the molecule is O=C(Nc1nc(N2CCCCC2)n[nH]1)c1cnn(-c2ccc(Cl)cc2)c1C(F)(F)F. The molecular weight excluding hydrogens is 423 g/mol. The van der Waals surface area contributed by atoms with Crippen molar-refractivity contribution >= 4 is 29.4 Å². The van der Waals surface area contributed by atoms with Gasteiger partial charge in [0.15, 0.2) is 5.69 Å². The van der Waals surface area contributed by atoms with Gasteiger partial charge in [0, 0.05) is 18.1 Å². The molecule has 1 aromatic carbocycles. The molecule has 1 saturated heterocycles. The smallest absolute Gasteiger partial charge is 0.340 e. The van der Waals surface area contributed by atoms with Gasteiger partial charge in [0.2, 0.25) is 11.9 Å². The third-order valence-corrected chi connectivity index (χ3v) is 4.95. The molecule has 0 saturated carbocycles. The number of halogens is 4. The number of amides is 1. The lowest BCUT2D eigenvalue weighted by atomic mass is 10.1. The Kier molecular flexibility index (Phi) is 5.37. The first-order valence-corrected chi connectivity index (χ1v) is 9.60. The van der Waals surface area contributed by atoms with Crippen molar-refractivity contribution in [1.29, 1.82) is 0 Å². The van der Waals surface area contributed by atoms with E-state index in [4.69, 9.17) is 11.6 Å². The highest BCUT2D eigenvalue weighted by molar-refractivity contribution is 6.30. The molecule has 4 rings (SSSR count). The zero-order chi connectivity index (χ0) is 21.3. The lowest BCUT2D eigenvalue weighted by Crippen LogP contribution is -2.30. The highest BCUT2D eigenvalue weighted by atomic mass is 35.5. The summed E-state index contributed by atoms with van der Waals surface area (Å²) in [6.45, 7) is 1.58. The van der Waals surface area contributed by atoms with Crippen molar-refractivity contribution in [2.24, 2.45) is 0 Å². The Morgan fingerprint density at radius 3 is 2.50 bits per heavy atom. The van der Waals surface area contributed by atoms with E-state index in [1.165, 1.54) is 24.3 Å². The van der Waals surface area contributed by atoms with E-state index in [1.807, 2.05) is 4.90 Å². The molecule has 3 aromatic rings. The first-order chi connectivity index (χ1) is 14.3. The quantitative estimate of drug-likeness (QED) is 0.643. The molecule has 0 spiro atoms. The maximum absolute atomic E-state index is 13.7. The van der Waals surface area contributed by atoms with Crippen LogP contribution in [0.15, 0.2) is 30.5 Å². The summed E-state index contributed by atoms with van der Waals surface area (Å²) in [6, 6.07) is 5.64. The minimum atomic E-state index is -4.82. The number of hydrogen-bond acceptors (Lipinski definition) is 5. The molecule has 8 nitrogen and oxygen atoms in total. The summed E-state index contributed by atoms with van der Waals surface area (Å²) in [5.74, 6) is -0.630. The number of hydrogen-bond donors (Lipinski definition) is 2. The van der Waals surface area contributed by atoms with Crippen LogP contribution in [-0.2, 0) is 6.18 Å². The standard InChI is InChI=1S/C18H17ClF3N7O/c19-11-4-6-12(7-5-11)29-14(18(20,21)22)13(10-23-29)15(30)24-16-25-17(27-26-16)28-8-2-1-3-9-28/h4-7,10H,1-3,8-9H2,(H2,24,25,26,27,30). The molecule has 12 heteroatoms. The third kappa shape index (κ3) is 4.11. The number of alkyl halides is 3. The highest BCUT2D eigenvalue weighted by Gasteiger charge is 2.40. The maximum atomic E-state index is 13.7. The molecule has 3 heterocycles. The molecule has 1 aliphatic rings. The minimum Gasteiger partial charge on any atom is -0.340 e. The second-order valence-electron chi connectivity index (χ2n) is 6.78. The molecule has 158 valence electrons. The van der Waals surface area contributed by atoms with Gasteiger partial charge in [-0.05, 0) is 43.5 Å². The molecule has 0 atom stereocenters. The Bertz CT molecular complexity index is 1040. The fourth-order valence-electron chi connectivity index (χ4n) is 3.28. The molecule has 0 unspecified atom stereocenters. The van der Waals surface area contributed by atoms with Crippen LogP contribution < -0.4 is 10.2 Å². The number of rotatable bonds is 4. The van der Waals surface area contributed by atoms with Crippen LogP contribution in [0, 0.1) is 0 Å². The predicted octanol–water partition coefficient (Wildman–Crippen LogP) is 3.91. The number of carbonyl (C=O) groups is 1. The number of nitrogens with one attached hydrogen (secondary N) is 2. The lowest BCUT2D eigenvalue weighted by Gasteiger charge is -2.24. The van der Waals surface area contributed by atoms with Gasteiger partial charge in [0.05, 0.1) is 17.4 Å². The fourth-order valence-corrected chi connectivity index (χ4v) is 3.41. The van der Waals surface area contributed by atoms with Crippen molar-refractivity contribution in [1.82, 2.24) is 25.0 Å². The Hall–Kier alpha value is -3.08. The molecule has 30 heavy (non-hydrogen) atoms. The number of nitrogens with zero attached hydrogens (tertiary/aromatic N) is 5. The monoisotopic (exact) mass is 439 g/mol.